The van der Waals surface area contributed by atoms with Crippen LogP contribution in [0.25, 0.3) is 0 Å². The number of carbonyl (C=O) groups excluding carboxylic acids is 1. The standard InChI is InChI=1S/C13H20N2O4S/c1-8-5-6-10(7-11(8)12(14)17)20(18,19)15-13(3,4)9(2)16/h5-7,9,15-16H,1-4H3,(H2,14,17). The van der Waals surface area contributed by atoms with E-state index in [1.807, 2.05) is 0 Å². The first-order chi connectivity index (χ1) is 8.97. The third-order valence-corrected chi connectivity index (χ3v) is 4.90. The highest BCUT2D eigenvalue weighted by Crippen LogP contribution is 2.19. The Morgan fingerprint density at radius 1 is 1.40 bits per heavy atom. The predicted octanol–water partition coefficient (Wildman–Crippen LogP) is 0.532. The van der Waals surface area contributed by atoms with Crippen molar-refractivity contribution in [3.05, 3.63) is 29.3 Å². The summed E-state index contributed by atoms with van der Waals surface area (Å²) in [4.78, 5) is 11.2. The van der Waals surface area contributed by atoms with Crippen molar-refractivity contribution >= 4 is 15.9 Å². The predicted molar refractivity (Wildman–Crippen MR) is 75.8 cm³/mol. The van der Waals surface area contributed by atoms with Crippen LogP contribution in [0.5, 0.6) is 0 Å². The van der Waals surface area contributed by atoms with Gasteiger partial charge in [0.25, 0.3) is 0 Å². The molecular formula is C13H20N2O4S. The van der Waals surface area contributed by atoms with Crippen LogP contribution in [-0.4, -0.2) is 31.1 Å². The molecule has 1 aromatic carbocycles. The molecule has 1 rings (SSSR count). The highest BCUT2D eigenvalue weighted by molar-refractivity contribution is 7.89. The number of benzene rings is 1. The first kappa shape index (κ1) is 16.6. The van der Waals surface area contributed by atoms with E-state index in [0.717, 1.165) is 0 Å². The summed E-state index contributed by atoms with van der Waals surface area (Å²) in [7, 11) is -3.85. The molecule has 0 radical (unpaired) electrons. The lowest BCUT2D eigenvalue weighted by atomic mass is 10.0. The molecule has 4 N–H and O–H groups in total. The van der Waals surface area contributed by atoms with Gasteiger partial charge in [-0.2, -0.15) is 0 Å². The summed E-state index contributed by atoms with van der Waals surface area (Å²) >= 11 is 0. The summed E-state index contributed by atoms with van der Waals surface area (Å²) in [5.41, 5.74) is 4.94. The van der Waals surface area contributed by atoms with Crippen molar-refractivity contribution in [2.75, 3.05) is 0 Å². The molecule has 0 saturated carbocycles. The Kier molecular flexibility index (Phi) is 4.58. The van der Waals surface area contributed by atoms with E-state index in [1.54, 1.807) is 20.8 Å². The van der Waals surface area contributed by atoms with E-state index in [0.29, 0.717) is 5.56 Å². The molecule has 1 atom stereocenters. The van der Waals surface area contributed by atoms with Gasteiger partial charge in [0.1, 0.15) is 0 Å². The minimum atomic E-state index is -3.85. The van der Waals surface area contributed by atoms with Crippen LogP contribution >= 0.6 is 0 Å². The average Bonchev–Trinajstić information content (AvgIpc) is 2.27. The van der Waals surface area contributed by atoms with Gasteiger partial charge in [0.15, 0.2) is 0 Å². The maximum atomic E-state index is 12.3. The molecular weight excluding hydrogens is 280 g/mol. The second kappa shape index (κ2) is 5.51. The molecule has 0 fully saturated rings. The zero-order valence-electron chi connectivity index (χ0n) is 12.0. The fourth-order valence-electron chi connectivity index (χ4n) is 1.52. The third-order valence-electron chi connectivity index (χ3n) is 3.23. The summed E-state index contributed by atoms with van der Waals surface area (Å²) in [6.07, 6.45) is -0.877. The van der Waals surface area contributed by atoms with E-state index < -0.39 is 27.6 Å². The number of primary amides is 1. The molecule has 6 nitrogen and oxygen atoms in total. The van der Waals surface area contributed by atoms with Gasteiger partial charge >= 0.3 is 0 Å². The monoisotopic (exact) mass is 300 g/mol. The van der Waals surface area contributed by atoms with Crippen molar-refractivity contribution in [3.8, 4) is 0 Å². The zero-order chi connectivity index (χ0) is 15.7. The van der Waals surface area contributed by atoms with Crippen molar-refractivity contribution in [3.63, 3.8) is 0 Å². The first-order valence-electron chi connectivity index (χ1n) is 6.10. The molecule has 0 bridgehead atoms. The molecule has 0 aliphatic rings. The van der Waals surface area contributed by atoms with Gasteiger partial charge in [-0.15, -0.1) is 0 Å². The smallest absolute Gasteiger partial charge is 0.249 e. The molecule has 0 aliphatic heterocycles. The Labute approximate surface area is 119 Å². The average molecular weight is 300 g/mol. The molecule has 0 heterocycles. The number of sulfonamides is 1. The second-order valence-electron chi connectivity index (χ2n) is 5.34. The fraction of sp³-hybridized carbons (Fsp3) is 0.462. The molecule has 1 amide bonds. The van der Waals surface area contributed by atoms with E-state index in [4.69, 9.17) is 5.73 Å². The lowest BCUT2D eigenvalue weighted by Crippen LogP contribution is -2.50. The zero-order valence-corrected chi connectivity index (χ0v) is 12.8. The number of amides is 1. The summed E-state index contributed by atoms with van der Waals surface area (Å²) in [5.74, 6) is -0.686. The Hall–Kier alpha value is -1.44. The minimum absolute atomic E-state index is 0.0642. The Balaban J connectivity index is 3.24. The van der Waals surface area contributed by atoms with Crippen LogP contribution in [-0.2, 0) is 10.0 Å². The van der Waals surface area contributed by atoms with Gasteiger partial charge in [-0.3, -0.25) is 4.79 Å². The van der Waals surface area contributed by atoms with E-state index in [9.17, 15) is 18.3 Å². The lowest BCUT2D eigenvalue weighted by Gasteiger charge is -2.29. The fourth-order valence-corrected chi connectivity index (χ4v) is 3.03. The molecule has 0 spiro atoms. The van der Waals surface area contributed by atoms with Gasteiger partial charge < -0.3 is 10.8 Å². The van der Waals surface area contributed by atoms with E-state index >= 15 is 0 Å². The molecule has 0 saturated heterocycles. The van der Waals surface area contributed by atoms with Gasteiger partial charge in [-0.05, 0) is 45.4 Å². The number of aliphatic hydroxyl groups is 1. The molecule has 0 aromatic heterocycles. The van der Waals surface area contributed by atoms with E-state index in [-0.39, 0.29) is 10.5 Å². The van der Waals surface area contributed by atoms with Crippen LogP contribution in [0.3, 0.4) is 0 Å². The van der Waals surface area contributed by atoms with Crippen molar-refractivity contribution in [1.82, 2.24) is 4.72 Å². The molecule has 7 heteroatoms. The summed E-state index contributed by atoms with van der Waals surface area (Å²) < 4.78 is 26.9. The number of hydrogen-bond acceptors (Lipinski definition) is 4. The van der Waals surface area contributed by atoms with Crippen LogP contribution < -0.4 is 10.5 Å². The third kappa shape index (κ3) is 3.56. The van der Waals surface area contributed by atoms with Crippen molar-refractivity contribution in [2.24, 2.45) is 5.73 Å². The van der Waals surface area contributed by atoms with Crippen LogP contribution in [0.4, 0.5) is 0 Å². The van der Waals surface area contributed by atoms with Crippen molar-refractivity contribution in [2.45, 2.75) is 44.2 Å². The maximum absolute atomic E-state index is 12.3. The number of nitrogens with two attached hydrogens (primary N) is 1. The van der Waals surface area contributed by atoms with Crippen LogP contribution in [0.1, 0.15) is 36.7 Å². The van der Waals surface area contributed by atoms with Gasteiger partial charge in [-0.1, -0.05) is 6.07 Å². The second-order valence-corrected chi connectivity index (χ2v) is 7.03. The van der Waals surface area contributed by atoms with Crippen LogP contribution in [0.15, 0.2) is 23.1 Å². The number of nitrogens with one attached hydrogen (secondary N) is 1. The summed E-state index contributed by atoms with van der Waals surface area (Å²) in [6, 6.07) is 4.14. The van der Waals surface area contributed by atoms with E-state index in [2.05, 4.69) is 4.72 Å². The highest BCUT2D eigenvalue weighted by atomic mass is 32.2. The maximum Gasteiger partial charge on any atom is 0.249 e. The number of aryl methyl sites for hydroxylation is 1. The van der Waals surface area contributed by atoms with Gasteiger partial charge in [0.05, 0.1) is 16.5 Å². The summed E-state index contributed by atoms with van der Waals surface area (Å²) in [6.45, 7) is 6.30. The lowest BCUT2D eigenvalue weighted by molar-refractivity contribution is 0.0999. The topological polar surface area (TPSA) is 109 Å². The molecule has 1 aromatic rings. The van der Waals surface area contributed by atoms with Gasteiger partial charge in [0.2, 0.25) is 15.9 Å². The first-order valence-corrected chi connectivity index (χ1v) is 7.58. The minimum Gasteiger partial charge on any atom is -0.391 e. The number of hydrogen-bond donors (Lipinski definition) is 3. The van der Waals surface area contributed by atoms with E-state index in [1.165, 1.54) is 25.1 Å². The largest absolute Gasteiger partial charge is 0.391 e. The van der Waals surface area contributed by atoms with Gasteiger partial charge in [0, 0.05) is 5.56 Å². The quantitative estimate of drug-likeness (QED) is 0.737. The van der Waals surface area contributed by atoms with Crippen molar-refractivity contribution < 1.29 is 18.3 Å². The summed E-state index contributed by atoms with van der Waals surface area (Å²) in [5, 5.41) is 9.58. The van der Waals surface area contributed by atoms with Crippen molar-refractivity contribution in [1.29, 1.82) is 0 Å². The highest BCUT2D eigenvalue weighted by Gasteiger charge is 2.30. The van der Waals surface area contributed by atoms with Crippen LogP contribution in [0.2, 0.25) is 0 Å². The Bertz CT molecular complexity index is 621. The number of rotatable bonds is 5. The van der Waals surface area contributed by atoms with Crippen LogP contribution in [0, 0.1) is 6.92 Å². The Morgan fingerprint density at radius 3 is 2.40 bits per heavy atom. The molecule has 1 unspecified atom stereocenters. The molecule has 112 valence electrons. The molecule has 0 aliphatic carbocycles. The SMILES string of the molecule is Cc1ccc(S(=O)(=O)NC(C)(C)C(C)O)cc1C(N)=O. The Morgan fingerprint density at radius 2 is 1.95 bits per heavy atom. The number of aliphatic hydroxyl groups excluding tert-OH is 1. The molecule has 20 heavy (non-hydrogen) atoms. The number of carbonyl (C=O) groups is 1. The normalized spacial score (nSPS) is 14.1. The van der Waals surface area contributed by atoms with Gasteiger partial charge in [-0.25, -0.2) is 13.1 Å².